The number of rotatable bonds is 35. The van der Waals surface area contributed by atoms with Gasteiger partial charge in [-0.05, 0) is 174 Å². The molecule has 4 rings (SSSR count). The summed E-state index contributed by atoms with van der Waals surface area (Å²) in [5, 5.41) is 0.0875. The van der Waals surface area contributed by atoms with E-state index in [2.05, 4.69) is 76.2 Å². The van der Waals surface area contributed by atoms with E-state index in [0.717, 1.165) is 67.0 Å². The monoisotopic (exact) mass is 1490 g/mol. The van der Waals surface area contributed by atoms with Gasteiger partial charge in [0, 0.05) is 54.7 Å². The number of carbonyl (C=O) groups is 2. The lowest BCUT2D eigenvalue weighted by atomic mass is 9.91. The molecule has 97 heavy (non-hydrogen) atoms. The molecule has 0 saturated heterocycles. The second-order valence-electron chi connectivity index (χ2n) is 23.8. The van der Waals surface area contributed by atoms with Crippen molar-refractivity contribution >= 4 is 70.8 Å². The Hall–Kier alpha value is -4.31. The van der Waals surface area contributed by atoms with E-state index in [1.54, 1.807) is 92.9 Å². The minimum Gasteiger partial charge on any atom is -0.494 e. The van der Waals surface area contributed by atoms with Crippen molar-refractivity contribution in [2.45, 2.75) is 189 Å². The molecule has 0 amide bonds. The van der Waals surface area contributed by atoms with Crippen LogP contribution >= 0.6 is 15.4 Å². The van der Waals surface area contributed by atoms with Gasteiger partial charge in [0.15, 0.2) is 0 Å². The zero-order chi connectivity index (χ0) is 75.1. The zero-order valence-electron chi connectivity index (χ0n) is 60.6. The number of hydrogen-bond acceptors (Lipinski definition) is 19. The van der Waals surface area contributed by atoms with Gasteiger partial charge in [-0.15, -0.1) is 0 Å². The Morgan fingerprint density at radius 3 is 1.06 bits per heavy atom. The van der Waals surface area contributed by atoms with Crippen LogP contribution in [0.2, 0.25) is 12.1 Å². The number of carbonyl (C=O) groups excluding carboxylic acids is 2. The Bertz CT molecular complexity index is 3110. The SMILES string of the molecule is CCC(C)(C)C(=O)OCCC[Si](OC)(OC)OC.CCC(C)(C)C(=O)OCCOP(=O)(O)O.CCC(C)c1ccc(OCCC[Si](OC)(OC)OC)cc1.CCC(C)c1ccc(OS(=O)(=O)O)cc1.CCC(C)c1ccc(P(=O)(O)O)cc1.CCC(C)c1ccc(S(=O)(=O)O)cc1. The molecule has 4 aromatic carbocycles. The predicted molar refractivity (Wildman–Crippen MR) is 380 cm³/mol. The predicted octanol–water partition coefficient (Wildman–Crippen LogP) is 14.0. The summed E-state index contributed by atoms with van der Waals surface area (Å²) in [7, 11) is -12.4. The first-order chi connectivity index (χ1) is 45.0. The molecule has 6 N–H and O–H groups in total. The highest BCUT2D eigenvalue weighted by Gasteiger charge is 2.38. The van der Waals surface area contributed by atoms with Crippen molar-refractivity contribution in [2.75, 3.05) is 69.1 Å². The summed E-state index contributed by atoms with van der Waals surface area (Å²) in [5.41, 5.74) is 3.67. The van der Waals surface area contributed by atoms with Crippen LogP contribution in [0.4, 0.5) is 0 Å². The van der Waals surface area contributed by atoms with Gasteiger partial charge in [-0.25, -0.2) is 4.57 Å². The van der Waals surface area contributed by atoms with E-state index in [0.29, 0.717) is 55.8 Å². The molecule has 0 radical (unpaired) electrons. The standard InChI is InChI=1S/C16H28O4Si.C12H26O5Si.C10H14O4S.C10H15O3P.C10H14O3S.C8H17O6P/c1-6-14(2)15-8-10-16(11-9-15)20-12-7-13-21(17-3,18-4)19-5;1-7-12(2,3)11(13)17-9-8-10-18(14-4,15-5)16-6;1-3-8(2)9-4-6-10(7-5-9)14-15(11,12)13;2*1-3-8(2)9-4-6-10(7-5-9)14(11,12)13;1-4-8(2,3)7(9)13-5-6-14-15(10,11)12/h8-11,14H,6-7,12-13H2,1-5H3;7-10H2,1-6H3;4-8H,3H2,1-2H3,(H,11,12,13);4-8H,3H2,1-2H3,(H2,11,12,13);4-8H,3H2,1-2H3,(H,11,12,13);4-6H2,1-3H3,(H2,10,11,12). The fraction of sp³-hybridized carbons (Fsp3) is 0.606. The molecule has 31 heteroatoms. The molecule has 0 bridgehead atoms. The maximum atomic E-state index is 11.7. The van der Waals surface area contributed by atoms with Gasteiger partial charge in [0.25, 0.3) is 10.1 Å². The highest BCUT2D eigenvalue weighted by atomic mass is 32.3. The van der Waals surface area contributed by atoms with Crippen LogP contribution in [0.3, 0.4) is 0 Å². The molecule has 0 saturated carbocycles. The fourth-order valence-corrected chi connectivity index (χ4v) is 12.9. The molecule has 4 unspecified atom stereocenters. The van der Waals surface area contributed by atoms with Crippen LogP contribution in [0.25, 0.3) is 0 Å². The summed E-state index contributed by atoms with van der Waals surface area (Å²) in [5.74, 6) is 2.31. The third kappa shape index (κ3) is 39.5. The molecule has 4 atom stereocenters. The number of phosphoric ester groups is 1. The number of ether oxygens (including phenoxy) is 3. The summed E-state index contributed by atoms with van der Waals surface area (Å²) < 4.78 is 137. The summed E-state index contributed by atoms with van der Waals surface area (Å²) in [6.07, 6.45) is 7.10. The normalized spacial score (nSPS) is 13.3. The third-order valence-electron chi connectivity index (χ3n) is 16.2. The van der Waals surface area contributed by atoms with Crippen molar-refractivity contribution in [3.8, 4) is 11.5 Å². The van der Waals surface area contributed by atoms with Gasteiger partial charge in [0.05, 0.1) is 40.9 Å². The van der Waals surface area contributed by atoms with Crippen LogP contribution in [0, 0.1) is 10.8 Å². The average Bonchev–Trinajstić information content (AvgIpc) is 0.941. The molecule has 4 aromatic rings. The van der Waals surface area contributed by atoms with Crippen LogP contribution in [0.5, 0.6) is 11.5 Å². The van der Waals surface area contributed by atoms with Crippen molar-refractivity contribution in [1.29, 1.82) is 0 Å². The molecular formula is C66H114O25P2S2Si2. The second-order valence-corrected chi connectivity index (χ2v) is 35.3. The Labute approximate surface area is 581 Å². The van der Waals surface area contributed by atoms with E-state index < -0.39 is 70.3 Å². The third-order valence-corrected chi connectivity index (χ3v) is 24.6. The molecule has 0 spiro atoms. The Kier molecular flexibility index (Phi) is 45.9. The lowest BCUT2D eigenvalue weighted by Crippen LogP contribution is -2.42. The number of phosphoric acid groups is 1. The zero-order valence-corrected chi connectivity index (χ0v) is 66.0. The van der Waals surface area contributed by atoms with Crippen molar-refractivity contribution in [3.05, 3.63) is 119 Å². The van der Waals surface area contributed by atoms with E-state index in [1.807, 2.05) is 39.8 Å². The van der Waals surface area contributed by atoms with Gasteiger partial charge in [0.1, 0.15) is 18.1 Å². The van der Waals surface area contributed by atoms with Crippen molar-refractivity contribution in [1.82, 2.24) is 0 Å². The number of hydrogen-bond donors (Lipinski definition) is 6. The molecule has 25 nitrogen and oxygen atoms in total. The maximum Gasteiger partial charge on any atom is 0.500 e. The van der Waals surface area contributed by atoms with Crippen LogP contribution in [-0.4, -0.2) is 144 Å². The molecule has 0 aliphatic heterocycles. The molecule has 0 aliphatic rings. The second kappa shape index (κ2) is 47.0. The number of esters is 2. The molecule has 0 heterocycles. The topological polar surface area (TPSA) is 359 Å². The fourth-order valence-electron chi connectivity index (χ4n) is 7.79. The van der Waals surface area contributed by atoms with Gasteiger partial charge in [-0.3, -0.25) is 27.8 Å². The number of benzene rings is 4. The first-order valence-electron chi connectivity index (χ1n) is 32.1. The highest BCUT2D eigenvalue weighted by Crippen LogP contribution is 2.36. The Morgan fingerprint density at radius 1 is 0.464 bits per heavy atom. The highest BCUT2D eigenvalue weighted by molar-refractivity contribution is 7.85. The van der Waals surface area contributed by atoms with Crippen LogP contribution in [0.15, 0.2) is 102 Å². The first kappa shape index (κ1) is 94.7. The van der Waals surface area contributed by atoms with Crippen molar-refractivity contribution in [2.24, 2.45) is 10.8 Å². The summed E-state index contributed by atoms with van der Waals surface area (Å²) in [6, 6.07) is 29.2. The smallest absolute Gasteiger partial charge is 0.494 e. The molecule has 0 fully saturated rings. The summed E-state index contributed by atoms with van der Waals surface area (Å²) >= 11 is 0. The minimum atomic E-state index is -4.46. The van der Waals surface area contributed by atoms with E-state index in [-0.39, 0.29) is 35.1 Å². The Morgan fingerprint density at radius 2 is 0.773 bits per heavy atom. The quantitative estimate of drug-likeness (QED) is 0.00819. The van der Waals surface area contributed by atoms with Crippen molar-refractivity contribution < 1.29 is 114 Å². The van der Waals surface area contributed by atoms with Gasteiger partial charge < -0.3 is 64.5 Å². The molecule has 0 aliphatic carbocycles. The van der Waals surface area contributed by atoms with E-state index in [1.165, 1.54) is 42.0 Å². The lowest BCUT2D eigenvalue weighted by molar-refractivity contribution is -0.155. The van der Waals surface area contributed by atoms with E-state index in [4.69, 9.17) is 69.4 Å². The molecule has 0 aromatic heterocycles. The minimum absolute atomic E-state index is 0.0513. The van der Waals surface area contributed by atoms with Crippen molar-refractivity contribution in [3.63, 3.8) is 0 Å². The maximum absolute atomic E-state index is 11.7. The van der Waals surface area contributed by atoms with Gasteiger partial charge >= 0.3 is 55.4 Å². The van der Waals surface area contributed by atoms with Crippen LogP contribution in [-0.2, 0) is 79.8 Å². The molecule has 558 valence electrons. The largest absolute Gasteiger partial charge is 0.500 e. The van der Waals surface area contributed by atoms with E-state index in [9.17, 15) is 35.6 Å². The lowest BCUT2D eigenvalue weighted by Gasteiger charge is -2.24. The van der Waals surface area contributed by atoms with Crippen LogP contribution < -0.4 is 14.2 Å². The van der Waals surface area contributed by atoms with Gasteiger partial charge in [-0.1, -0.05) is 118 Å². The summed E-state index contributed by atoms with van der Waals surface area (Å²) in [6.45, 7) is 28.5. The van der Waals surface area contributed by atoms with Gasteiger partial charge in [0.2, 0.25) is 0 Å². The van der Waals surface area contributed by atoms with Gasteiger partial charge in [-0.2, -0.15) is 16.8 Å². The van der Waals surface area contributed by atoms with Crippen LogP contribution in [0.1, 0.15) is 194 Å². The molecular weight excluding hydrogens is 1370 g/mol. The van der Waals surface area contributed by atoms with E-state index >= 15 is 0 Å². The summed E-state index contributed by atoms with van der Waals surface area (Å²) in [4.78, 5) is 57.5. The Balaban J connectivity index is 0. The average molecular weight is 1490 g/mol. The first-order valence-corrected chi connectivity index (χ1v) is 41.9.